The Balaban J connectivity index is 1.86. The predicted octanol–water partition coefficient (Wildman–Crippen LogP) is 2.86. The molecule has 130 valence electrons. The smallest absolute Gasteiger partial charge is 0.325 e. The van der Waals surface area contributed by atoms with E-state index in [9.17, 15) is 24.1 Å². The van der Waals surface area contributed by atoms with Gasteiger partial charge in [0.05, 0.1) is 9.95 Å². The molecule has 0 atom stereocenters. The van der Waals surface area contributed by atoms with Crippen LogP contribution in [0.1, 0.15) is 15.9 Å². The van der Waals surface area contributed by atoms with Gasteiger partial charge in [0.2, 0.25) is 0 Å². The second-order valence-electron chi connectivity index (χ2n) is 4.89. The van der Waals surface area contributed by atoms with Gasteiger partial charge in [0.15, 0.2) is 0 Å². The first kappa shape index (κ1) is 18.3. The minimum Gasteiger partial charge on any atom is -0.459 e. The van der Waals surface area contributed by atoms with Crippen molar-refractivity contribution in [3.8, 4) is 0 Å². The first-order chi connectivity index (χ1) is 11.9. The van der Waals surface area contributed by atoms with Crippen LogP contribution in [0.2, 0.25) is 5.02 Å². The number of nitrogens with one attached hydrogen (secondary N) is 1. The first-order valence-corrected chi connectivity index (χ1v) is 7.37. The SMILES string of the molecule is O=C(CNC(=O)c1cccc([N+](=O)[O-])c1)OCc1ccc(F)cc1Cl. The lowest BCUT2D eigenvalue weighted by atomic mass is 10.2. The molecule has 2 rings (SSSR count). The minimum atomic E-state index is -0.737. The summed E-state index contributed by atoms with van der Waals surface area (Å²) >= 11 is 5.80. The van der Waals surface area contributed by atoms with E-state index in [2.05, 4.69) is 5.32 Å². The van der Waals surface area contributed by atoms with Gasteiger partial charge in [-0.2, -0.15) is 0 Å². The third-order valence-electron chi connectivity index (χ3n) is 3.12. The lowest BCUT2D eigenvalue weighted by molar-refractivity contribution is -0.384. The number of nitrogens with zero attached hydrogens (tertiary/aromatic N) is 1. The number of rotatable bonds is 6. The zero-order valence-corrected chi connectivity index (χ0v) is 13.5. The molecule has 0 fully saturated rings. The van der Waals surface area contributed by atoms with Crippen molar-refractivity contribution in [2.75, 3.05) is 6.54 Å². The molecule has 1 amide bonds. The molecule has 0 aliphatic heterocycles. The molecular formula is C16H12ClFN2O5. The number of ether oxygens (including phenoxy) is 1. The third-order valence-corrected chi connectivity index (χ3v) is 3.47. The third kappa shape index (κ3) is 5.25. The lowest BCUT2D eigenvalue weighted by Gasteiger charge is -2.08. The average Bonchev–Trinajstić information content (AvgIpc) is 2.59. The molecule has 0 saturated heterocycles. The van der Waals surface area contributed by atoms with E-state index >= 15 is 0 Å². The van der Waals surface area contributed by atoms with Crippen LogP contribution in [-0.2, 0) is 16.1 Å². The monoisotopic (exact) mass is 366 g/mol. The van der Waals surface area contributed by atoms with E-state index in [1.165, 1.54) is 30.3 Å². The molecule has 0 bridgehead atoms. The predicted molar refractivity (Wildman–Crippen MR) is 86.6 cm³/mol. The fraction of sp³-hybridized carbons (Fsp3) is 0.125. The van der Waals surface area contributed by atoms with Crippen LogP contribution in [0, 0.1) is 15.9 Å². The van der Waals surface area contributed by atoms with Gasteiger partial charge < -0.3 is 10.1 Å². The molecule has 0 heterocycles. The molecule has 0 unspecified atom stereocenters. The van der Waals surface area contributed by atoms with Crippen molar-refractivity contribution in [1.82, 2.24) is 5.32 Å². The minimum absolute atomic E-state index is 0.0450. The summed E-state index contributed by atoms with van der Waals surface area (Å²) in [6.07, 6.45) is 0. The van der Waals surface area contributed by atoms with Gasteiger partial charge in [-0.05, 0) is 18.2 Å². The van der Waals surface area contributed by atoms with Crippen molar-refractivity contribution in [2.24, 2.45) is 0 Å². The fourth-order valence-corrected chi connectivity index (χ4v) is 2.09. The normalized spacial score (nSPS) is 10.2. The molecule has 2 aromatic rings. The highest BCUT2D eigenvalue weighted by Crippen LogP contribution is 2.18. The second-order valence-corrected chi connectivity index (χ2v) is 5.29. The lowest BCUT2D eigenvalue weighted by Crippen LogP contribution is -2.30. The van der Waals surface area contributed by atoms with Crippen molar-refractivity contribution in [3.63, 3.8) is 0 Å². The van der Waals surface area contributed by atoms with Gasteiger partial charge in [-0.3, -0.25) is 19.7 Å². The Bertz CT molecular complexity index is 828. The number of hydrogen-bond acceptors (Lipinski definition) is 5. The van der Waals surface area contributed by atoms with Crippen LogP contribution in [-0.4, -0.2) is 23.3 Å². The van der Waals surface area contributed by atoms with E-state index in [-0.39, 0.29) is 22.9 Å². The standard InChI is InChI=1S/C16H12ClFN2O5/c17-14-7-12(18)5-4-11(14)9-25-15(21)8-19-16(22)10-2-1-3-13(6-10)20(23)24/h1-7H,8-9H2,(H,19,22). The van der Waals surface area contributed by atoms with E-state index in [4.69, 9.17) is 16.3 Å². The number of carbonyl (C=O) groups is 2. The Kier molecular flexibility index (Phi) is 6.02. The average molecular weight is 367 g/mol. The highest BCUT2D eigenvalue weighted by atomic mass is 35.5. The Hall–Kier alpha value is -3.00. The van der Waals surface area contributed by atoms with Gasteiger partial charge in [0, 0.05) is 23.3 Å². The van der Waals surface area contributed by atoms with Gasteiger partial charge in [-0.15, -0.1) is 0 Å². The highest BCUT2D eigenvalue weighted by molar-refractivity contribution is 6.31. The molecule has 9 heteroatoms. The zero-order chi connectivity index (χ0) is 18.4. The van der Waals surface area contributed by atoms with Crippen molar-refractivity contribution in [3.05, 3.63) is 74.5 Å². The quantitative estimate of drug-likeness (QED) is 0.481. The van der Waals surface area contributed by atoms with Crippen LogP contribution in [0.4, 0.5) is 10.1 Å². The number of amides is 1. The summed E-state index contributed by atoms with van der Waals surface area (Å²) in [6, 6.07) is 8.74. The van der Waals surface area contributed by atoms with Crippen LogP contribution >= 0.6 is 11.6 Å². The molecule has 0 saturated carbocycles. The summed E-state index contributed by atoms with van der Waals surface area (Å²) in [5.74, 6) is -1.90. The molecule has 0 spiro atoms. The summed E-state index contributed by atoms with van der Waals surface area (Å²) in [6.45, 7) is -0.606. The van der Waals surface area contributed by atoms with Crippen molar-refractivity contribution >= 4 is 29.2 Å². The van der Waals surface area contributed by atoms with E-state index in [0.717, 1.165) is 12.1 Å². The van der Waals surface area contributed by atoms with Gasteiger partial charge in [-0.25, -0.2) is 4.39 Å². The number of carbonyl (C=O) groups excluding carboxylic acids is 2. The molecular weight excluding hydrogens is 355 g/mol. The van der Waals surface area contributed by atoms with Gasteiger partial charge in [0.25, 0.3) is 11.6 Å². The molecule has 1 N–H and O–H groups in total. The van der Waals surface area contributed by atoms with Crippen molar-refractivity contribution < 1.29 is 23.6 Å². The molecule has 0 aliphatic carbocycles. The molecule has 25 heavy (non-hydrogen) atoms. The Morgan fingerprint density at radius 3 is 2.68 bits per heavy atom. The summed E-state index contributed by atoms with van der Waals surface area (Å²) in [4.78, 5) is 33.6. The van der Waals surface area contributed by atoms with Crippen LogP contribution in [0.3, 0.4) is 0 Å². The first-order valence-electron chi connectivity index (χ1n) is 6.99. The highest BCUT2D eigenvalue weighted by Gasteiger charge is 2.13. The van der Waals surface area contributed by atoms with Crippen LogP contribution in [0.25, 0.3) is 0 Å². The molecule has 0 radical (unpaired) electrons. The summed E-state index contributed by atoms with van der Waals surface area (Å²) < 4.78 is 17.8. The van der Waals surface area contributed by atoms with Gasteiger partial charge in [0.1, 0.15) is 19.0 Å². The number of nitro benzene ring substituents is 1. The maximum Gasteiger partial charge on any atom is 0.325 e. The molecule has 0 aliphatic rings. The van der Waals surface area contributed by atoms with Crippen molar-refractivity contribution in [2.45, 2.75) is 6.61 Å². The van der Waals surface area contributed by atoms with E-state index < -0.39 is 29.2 Å². The molecule has 0 aromatic heterocycles. The number of non-ortho nitro benzene ring substituents is 1. The Labute approximate surface area is 146 Å². The van der Waals surface area contributed by atoms with E-state index in [1.54, 1.807) is 0 Å². The number of benzene rings is 2. The molecule has 7 nitrogen and oxygen atoms in total. The summed E-state index contributed by atoms with van der Waals surface area (Å²) in [5.41, 5.74) is 0.228. The number of halogens is 2. The van der Waals surface area contributed by atoms with Gasteiger partial charge in [-0.1, -0.05) is 23.7 Å². The Morgan fingerprint density at radius 1 is 1.24 bits per heavy atom. The second kappa shape index (κ2) is 8.20. The fourth-order valence-electron chi connectivity index (χ4n) is 1.86. The zero-order valence-electron chi connectivity index (χ0n) is 12.7. The maximum absolute atomic E-state index is 12.9. The van der Waals surface area contributed by atoms with Crippen LogP contribution in [0.15, 0.2) is 42.5 Å². The van der Waals surface area contributed by atoms with Crippen LogP contribution in [0.5, 0.6) is 0 Å². The van der Waals surface area contributed by atoms with E-state index in [1.807, 2.05) is 0 Å². The number of nitro groups is 1. The van der Waals surface area contributed by atoms with Crippen LogP contribution < -0.4 is 5.32 Å². The topological polar surface area (TPSA) is 98.5 Å². The van der Waals surface area contributed by atoms with Gasteiger partial charge >= 0.3 is 5.97 Å². The summed E-state index contributed by atoms with van der Waals surface area (Å²) in [7, 11) is 0. The maximum atomic E-state index is 12.9. The largest absolute Gasteiger partial charge is 0.459 e. The number of esters is 1. The number of hydrogen-bond donors (Lipinski definition) is 1. The molecule has 2 aromatic carbocycles. The Morgan fingerprint density at radius 2 is 2.00 bits per heavy atom. The van der Waals surface area contributed by atoms with E-state index in [0.29, 0.717) is 5.56 Å². The van der Waals surface area contributed by atoms with Crippen molar-refractivity contribution in [1.29, 1.82) is 0 Å². The summed E-state index contributed by atoms with van der Waals surface area (Å²) in [5, 5.41) is 13.1.